The molecule has 202 valence electrons. The summed E-state index contributed by atoms with van der Waals surface area (Å²) in [5.74, 6) is 0.0467. The second-order valence-electron chi connectivity index (χ2n) is 9.57. The third kappa shape index (κ3) is 6.78. The molecule has 1 aliphatic rings. The molecule has 8 nitrogen and oxygen atoms in total. The van der Waals surface area contributed by atoms with Crippen LogP contribution in [0.25, 0.3) is 11.1 Å². The second-order valence-corrected chi connectivity index (χ2v) is 11.3. The molecular formula is C29H35N3O5S. The Labute approximate surface area is 224 Å². The van der Waals surface area contributed by atoms with Crippen LogP contribution >= 0.6 is 0 Å². The van der Waals surface area contributed by atoms with Gasteiger partial charge in [0.15, 0.2) is 0 Å². The van der Waals surface area contributed by atoms with E-state index in [-0.39, 0.29) is 16.9 Å². The number of ether oxygens (including phenoxy) is 1. The number of sulfonamides is 1. The van der Waals surface area contributed by atoms with Crippen LogP contribution in [0, 0.1) is 5.92 Å². The van der Waals surface area contributed by atoms with Gasteiger partial charge in [-0.1, -0.05) is 38.1 Å². The minimum Gasteiger partial charge on any atom is -0.489 e. The number of amides is 1. The average Bonchev–Trinajstić information content (AvgIpc) is 2.93. The summed E-state index contributed by atoms with van der Waals surface area (Å²) >= 11 is 0. The topological polar surface area (TPSA) is 118 Å². The van der Waals surface area contributed by atoms with Gasteiger partial charge in [-0.3, -0.25) is 9.78 Å². The predicted octanol–water partition coefficient (Wildman–Crippen LogP) is 4.01. The van der Waals surface area contributed by atoms with E-state index < -0.39 is 22.0 Å². The van der Waals surface area contributed by atoms with Crippen LogP contribution in [-0.2, 0) is 21.2 Å². The van der Waals surface area contributed by atoms with Crippen molar-refractivity contribution in [2.24, 2.45) is 5.92 Å². The predicted molar refractivity (Wildman–Crippen MR) is 146 cm³/mol. The first-order chi connectivity index (χ1) is 18.3. The molecule has 2 atom stereocenters. The van der Waals surface area contributed by atoms with Crippen molar-refractivity contribution in [3.63, 3.8) is 0 Å². The van der Waals surface area contributed by atoms with Crippen LogP contribution in [0.1, 0.15) is 50.3 Å². The maximum Gasteiger partial charge on any atom is 0.264 e. The molecule has 0 radical (unpaired) electrons. The Morgan fingerprint density at radius 3 is 2.53 bits per heavy atom. The van der Waals surface area contributed by atoms with Crippen molar-refractivity contribution in [2.75, 3.05) is 13.1 Å². The van der Waals surface area contributed by atoms with E-state index in [1.54, 1.807) is 30.6 Å². The van der Waals surface area contributed by atoms with Gasteiger partial charge in [0.1, 0.15) is 11.9 Å². The number of nitrogens with one attached hydrogen (secondary N) is 2. The maximum atomic E-state index is 12.7. The van der Waals surface area contributed by atoms with Crippen LogP contribution in [0.3, 0.4) is 0 Å². The van der Waals surface area contributed by atoms with Crippen LogP contribution in [0.5, 0.6) is 5.75 Å². The number of hydrogen-bond acceptors (Lipinski definition) is 7. The molecule has 0 saturated heterocycles. The van der Waals surface area contributed by atoms with Crippen molar-refractivity contribution in [3.8, 4) is 16.9 Å². The molecule has 1 amide bonds. The molecule has 9 heteroatoms. The highest BCUT2D eigenvalue weighted by Gasteiger charge is 2.23. The minimum absolute atomic E-state index is 0.00848. The Morgan fingerprint density at radius 2 is 1.84 bits per heavy atom. The van der Waals surface area contributed by atoms with Crippen molar-refractivity contribution >= 4 is 15.9 Å². The third-order valence-corrected chi connectivity index (χ3v) is 8.32. The molecule has 3 N–H and O–H groups in total. The number of nitrogens with zero attached hydrogens (tertiary/aromatic N) is 1. The lowest BCUT2D eigenvalue weighted by Gasteiger charge is -2.27. The zero-order valence-electron chi connectivity index (χ0n) is 21.8. The normalized spacial score (nSPS) is 15.9. The lowest BCUT2D eigenvalue weighted by molar-refractivity contribution is -0.123. The van der Waals surface area contributed by atoms with Crippen LogP contribution in [0.4, 0.5) is 0 Å². The molecule has 38 heavy (non-hydrogen) atoms. The summed E-state index contributed by atoms with van der Waals surface area (Å²) in [7, 11) is -3.92. The molecule has 2 aromatic carbocycles. The summed E-state index contributed by atoms with van der Waals surface area (Å²) in [4.78, 5) is 16.4. The van der Waals surface area contributed by atoms with Crippen LogP contribution in [-0.4, -0.2) is 43.6 Å². The van der Waals surface area contributed by atoms with E-state index in [0.717, 1.165) is 40.8 Å². The number of benzene rings is 2. The van der Waals surface area contributed by atoms with E-state index in [1.165, 1.54) is 12.1 Å². The van der Waals surface area contributed by atoms with E-state index in [2.05, 4.69) is 21.1 Å². The third-order valence-electron chi connectivity index (χ3n) is 6.96. The molecule has 0 bridgehead atoms. The number of aliphatic hydroxyl groups is 1. The molecule has 0 spiro atoms. The molecule has 0 fully saturated rings. The van der Waals surface area contributed by atoms with Crippen molar-refractivity contribution < 1.29 is 23.1 Å². The number of aromatic nitrogens is 1. The number of carbonyl (C=O) groups is 1. The first-order valence-corrected chi connectivity index (χ1v) is 14.5. The van der Waals surface area contributed by atoms with Gasteiger partial charge in [0.25, 0.3) is 10.0 Å². The molecule has 1 aromatic heterocycles. The van der Waals surface area contributed by atoms with Gasteiger partial charge in [-0.25, -0.2) is 13.1 Å². The summed E-state index contributed by atoms with van der Waals surface area (Å²) in [6, 6.07) is 16.2. The largest absolute Gasteiger partial charge is 0.489 e. The van der Waals surface area contributed by atoms with Crippen molar-refractivity contribution in [1.29, 1.82) is 0 Å². The van der Waals surface area contributed by atoms with Gasteiger partial charge in [0.05, 0.1) is 11.0 Å². The monoisotopic (exact) mass is 537 g/mol. The zero-order chi connectivity index (χ0) is 27.1. The van der Waals surface area contributed by atoms with Gasteiger partial charge in [-0.15, -0.1) is 0 Å². The van der Waals surface area contributed by atoms with Crippen LogP contribution in [0.15, 0.2) is 71.9 Å². The molecule has 3 aromatic rings. The summed E-state index contributed by atoms with van der Waals surface area (Å²) in [5.41, 5.74) is 3.72. The van der Waals surface area contributed by atoms with Gasteiger partial charge in [-0.2, -0.15) is 0 Å². The highest BCUT2D eigenvalue weighted by atomic mass is 32.2. The Morgan fingerprint density at radius 1 is 1.11 bits per heavy atom. The van der Waals surface area contributed by atoms with E-state index in [9.17, 15) is 18.3 Å². The minimum atomic E-state index is -3.92. The summed E-state index contributed by atoms with van der Waals surface area (Å²) in [5, 5.41) is 13.6. The first-order valence-electron chi connectivity index (χ1n) is 13.1. The Hall–Kier alpha value is -3.27. The fourth-order valence-electron chi connectivity index (χ4n) is 4.60. The highest BCUT2D eigenvalue weighted by molar-refractivity contribution is 7.90. The van der Waals surface area contributed by atoms with Crippen LogP contribution in [0.2, 0.25) is 0 Å². The van der Waals surface area contributed by atoms with Crippen molar-refractivity contribution in [1.82, 2.24) is 15.0 Å². The summed E-state index contributed by atoms with van der Waals surface area (Å²) < 4.78 is 33.7. The number of carbonyl (C=O) groups excluding carboxylic acids is 1. The quantitative estimate of drug-likeness (QED) is 0.338. The number of aliphatic hydroxyl groups excluding tert-OH is 1. The SMILES string of the molecule is CCC(CC)C(=O)NS(=O)(=O)c1ccc(-c2ccc3c(c2)CCC(CNCC(O)c2cccnc2)O3)cc1. The number of rotatable bonds is 11. The van der Waals surface area contributed by atoms with E-state index in [1.807, 2.05) is 32.0 Å². The molecule has 0 saturated carbocycles. The van der Waals surface area contributed by atoms with Crippen molar-refractivity contribution in [3.05, 3.63) is 78.1 Å². The average molecular weight is 538 g/mol. The van der Waals surface area contributed by atoms with E-state index in [0.29, 0.717) is 25.9 Å². The number of pyridine rings is 1. The number of hydrogen-bond donors (Lipinski definition) is 3. The molecule has 2 unspecified atom stereocenters. The van der Waals surface area contributed by atoms with Gasteiger partial charge in [0, 0.05) is 37.0 Å². The van der Waals surface area contributed by atoms with Crippen molar-refractivity contribution in [2.45, 2.75) is 56.6 Å². The Kier molecular flexibility index (Phi) is 9.14. The maximum absolute atomic E-state index is 12.7. The first kappa shape index (κ1) is 27.8. The molecule has 1 aliphatic heterocycles. The summed E-state index contributed by atoms with van der Waals surface area (Å²) in [6.45, 7) is 4.78. The molecule has 4 rings (SSSR count). The number of aryl methyl sites for hydroxylation is 1. The number of fused-ring (bicyclic) bond motifs is 1. The van der Waals surface area contributed by atoms with Gasteiger partial charge < -0.3 is 15.2 Å². The highest BCUT2D eigenvalue weighted by Crippen LogP contribution is 2.32. The lowest BCUT2D eigenvalue weighted by atomic mass is 9.97. The standard InChI is InChI=1S/C29H35N3O5S/c1-3-20(4-2)29(34)32-38(35,36)26-12-8-21(9-13-26)22-10-14-28-23(16-22)7-11-25(37-28)18-31-19-27(33)24-6-5-15-30-17-24/h5-6,8-10,12-17,20,25,27,31,33H,3-4,7,11,18-19H2,1-2H3,(H,32,34). The fourth-order valence-corrected chi connectivity index (χ4v) is 5.64. The van der Waals surface area contributed by atoms with E-state index >= 15 is 0 Å². The second kappa shape index (κ2) is 12.5. The summed E-state index contributed by atoms with van der Waals surface area (Å²) in [6.07, 6.45) is 5.61. The van der Waals surface area contributed by atoms with Gasteiger partial charge in [0.2, 0.25) is 5.91 Å². The lowest BCUT2D eigenvalue weighted by Crippen LogP contribution is -2.36. The van der Waals surface area contributed by atoms with Crippen LogP contribution < -0.4 is 14.8 Å². The fraction of sp³-hybridized carbons (Fsp3) is 0.379. The Bertz CT molecular complexity index is 1330. The molecular weight excluding hydrogens is 502 g/mol. The zero-order valence-corrected chi connectivity index (χ0v) is 22.6. The smallest absolute Gasteiger partial charge is 0.264 e. The van der Waals surface area contributed by atoms with Gasteiger partial charge >= 0.3 is 0 Å². The molecule has 0 aliphatic carbocycles. The Balaban J connectivity index is 1.34. The molecule has 2 heterocycles. The van der Waals surface area contributed by atoms with E-state index in [4.69, 9.17) is 4.74 Å². The van der Waals surface area contributed by atoms with Gasteiger partial charge in [-0.05, 0) is 72.7 Å².